The molecule has 3 heterocycles. The number of aryl methyl sites for hydroxylation is 1. The van der Waals surface area contributed by atoms with Gasteiger partial charge in [-0.05, 0) is 39.0 Å². The summed E-state index contributed by atoms with van der Waals surface area (Å²) in [4.78, 5) is 3.36. The molecule has 1 atom stereocenters. The van der Waals surface area contributed by atoms with Gasteiger partial charge < -0.3 is 4.55 Å². The molecule has 5 nitrogen and oxygen atoms in total. The molecule has 0 radical (unpaired) electrons. The first-order valence-corrected chi connectivity index (χ1v) is 8.78. The van der Waals surface area contributed by atoms with E-state index in [4.69, 9.17) is 0 Å². The van der Waals surface area contributed by atoms with Gasteiger partial charge in [-0.15, -0.1) is 0 Å². The molecule has 0 N–H and O–H groups in total. The Balaban J connectivity index is 1.94. The van der Waals surface area contributed by atoms with Crippen LogP contribution in [0.25, 0.3) is 11.3 Å². The lowest BCUT2D eigenvalue weighted by atomic mass is 10.1. The van der Waals surface area contributed by atoms with Crippen molar-refractivity contribution in [2.75, 3.05) is 0 Å². The Hall–Kier alpha value is -1.87. The number of halogens is 3. The second-order valence-corrected chi connectivity index (χ2v) is 8.62. The lowest BCUT2D eigenvalue weighted by Gasteiger charge is -2.18. The standard InChI is InChI=1S/C16H17F3N4OS/c1-15(2,3)25(24)22-11-5-7-23-13(11)9-12(21-23)10-4-6-20-14(8-10)16(17,18)19/h4,6,8-9H,5,7H2,1-3H3. The van der Waals surface area contributed by atoms with Crippen LogP contribution in [0.15, 0.2) is 28.8 Å². The maximum atomic E-state index is 12.8. The Morgan fingerprint density at radius 1 is 1.24 bits per heavy atom. The second-order valence-electron chi connectivity index (χ2n) is 6.71. The molecule has 0 saturated carbocycles. The van der Waals surface area contributed by atoms with Crippen LogP contribution in [0, 0.1) is 0 Å². The summed E-state index contributed by atoms with van der Waals surface area (Å²) in [7, 11) is 0. The minimum Gasteiger partial charge on any atom is -0.591 e. The summed E-state index contributed by atoms with van der Waals surface area (Å²) in [5.74, 6) is 0. The molecule has 0 spiro atoms. The summed E-state index contributed by atoms with van der Waals surface area (Å²) in [6.45, 7) is 6.06. The molecule has 25 heavy (non-hydrogen) atoms. The Bertz CT molecular complexity index is 824. The molecule has 3 rings (SSSR count). The van der Waals surface area contributed by atoms with Gasteiger partial charge in [-0.25, -0.2) is 0 Å². The van der Waals surface area contributed by atoms with Gasteiger partial charge in [0.2, 0.25) is 0 Å². The zero-order chi connectivity index (χ0) is 18.4. The van der Waals surface area contributed by atoms with Gasteiger partial charge in [-0.1, -0.05) is 4.40 Å². The Labute approximate surface area is 146 Å². The highest BCUT2D eigenvalue weighted by atomic mass is 32.2. The minimum absolute atomic E-state index is 0.334. The van der Waals surface area contributed by atoms with E-state index in [1.807, 2.05) is 20.8 Å². The quantitative estimate of drug-likeness (QED) is 0.759. The van der Waals surface area contributed by atoms with E-state index in [-0.39, 0.29) is 0 Å². The zero-order valence-corrected chi connectivity index (χ0v) is 14.8. The van der Waals surface area contributed by atoms with Crippen LogP contribution in [0.3, 0.4) is 0 Å². The molecule has 2 aromatic heterocycles. The van der Waals surface area contributed by atoms with E-state index < -0.39 is 28.0 Å². The van der Waals surface area contributed by atoms with Crippen LogP contribution < -0.4 is 0 Å². The highest BCUT2D eigenvalue weighted by Crippen LogP contribution is 2.31. The van der Waals surface area contributed by atoms with E-state index in [1.165, 1.54) is 6.07 Å². The SMILES string of the molecule is CC(C)(C)[S+]([O-])N=C1CCn2nc(-c3ccnc(C(F)(F)F)c3)cc21. The van der Waals surface area contributed by atoms with Crippen molar-refractivity contribution in [2.24, 2.45) is 4.40 Å². The first-order valence-electron chi connectivity index (χ1n) is 7.67. The van der Waals surface area contributed by atoms with Crippen LogP contribution in [0.4, 0.5) is 13.2 Å². The second kappa shape index (κ2) is 6.14. The summed E-state index contributed by atoms with van der Waals surface area (Å²) < 4.78 is 56.2. The fourth-order valence-corrected chi connectivity index (χ4v) is 3.03. The van der Waals surface area contributed by atoms with E-state index in [9.17, 15) is 17.7 Å². The number of rotatable bonds is 2. The molecule has 1 aliphatic heterocycles. The number of hydrogen-bond acceptors (Lipinski definition) is 4. The topological polar surface area (TPSA) is 66.1 Å². The Morgan fingerprint density at radius 2 is 1.96 bits per heavy atom. The van der Waals surface area contributed by atoms with Gasteiger partial charge in [0.15, 0.2) is 0 Å². The number of pyridine rings is 1. The van der Waals surface area contributed by atoms with Gasteiger partial charge in [0, 0.05) is 24.7 Å². The van der Waals surface area contributed by atoms with Gasteiger partial charge in [0.05, 0.1) is 11.4 Å². The lowest BCUT2D eigenvalue weighted by Crippen LogP contribution is -2.26. The monoisotopic (exact) mass is 370 g/mol. The zero-order valence-electron chi connectivity index (χ0n) is 14.0. The van der Waals surface area contributed by atoms with Crippen molar-refractivity contribution in [1.82, 2.24) is 14.8 Å². The van der Waals surface area contributed by atoms with Gasteiger partial charge in [0.1, 0.15) is 27.5 Å². The maximum Gasteiger partial charge on any atom is 0.433 e. The van der Waals surface area contributed by atoms with Gasteiger partial charge >= 0.3 is 6.18 Å². The molecule has 9 heteroatoms. The van der Waals surface area contributed by atoms with E-state index in [2.05, 4.69) is 14.5 Å². The minimum atomic E-state index is -4.51. The number of alkyl halides is 3. The van der Waals surface area contributed by atoms with Crippen molar-refractivity contribution in [1.29, 1.82) is 0 Å². The van der Waals surface area contributed by atoms with Gasteiger partial charge in [-0.2, -0.15) is 18.3 Å². The van der Waals surface area contributed by atoms with Crippen LogP contribution in [0.5, 0.6) is 0 Å². The molecule has 0 fully saturated rings. The molecule has 1 unspecified atom stereocenters. The molecule has 0 saturated heterocycles. The van der Waals surface area contributed by atoms with E-state index in [0.29, 0.717) is 35.6 Å². The van der Waals surface area contributed by atoms with Crippen molar-refractivity contribution < 1.29 is 17.7 Å². The van der Waals surface area contributed by atoms with Gasteiger partial charge in [0.25, 0.3) is 0 Å². The largest absolute Gasteiger partial charge is 0.591 e. The van der Waals surface area contributed by atoms with Crippen LogP contribution in [-0.4, -0.2) is 29.8 Å². The first kappa shape index (κ1) is 17.9. The molecule has 0 aliphatic carbocycles. The van der Waals surface area contributed by atoms with Crippen molar-refractivity contribution in [3.8, 4) is 11.3 Å². The fraction of sp³-hybridized carbons (Fsp3) is 0.438. The van der Waals surface area contributed by atoms with Crippen LogP contribution >= 0.6 is 0 Å². The van der Waals surface area contributed by atoms with Crippen molar-refractivity contribution in [3.05, 3.63) is 35.8 Å². The third kappa shape index (κ3) is 3.72. The highest BCUT2D eigenvalue weighted by molar-refractivity contribution is 7.91. The summed E-state index contributed by atoms with van der Waals surface area (Å²) in [5.41, 5.74) is 1.15. The normalized spacial score (nSPS) is 17.8. The number of nitrogens with zero attached hydrogens (tertiary/aromatic N) is 4. The predicted molar refractivity (Wildman–Crippen MR) is 89.5 cm³/mol. The molecular formula is C16H17F3N4OS. The van der Waals surface area contributed by atoms with E-state index >= 15 is 0 Å². The van der Waals surface area contributed by atoms with Crippen molar-refractivity contribution in [3.63, 3.8) is 0 Å². The molecule has 0 bridgehead atoms. The lowest BCUT2D eigenvalue weighted by molar-refractivity contribution is -0.141. The summed E-state index contributed by atoms with van der Waals surface area (Å²) in [5, 5.41) is 4.35. The van der Waals surface area contributed by atoms with Crippen LogP contribution in [0.1, 0.15) is 38.6 Å². The third-order valence-electron chi connectivity index (χ3n) is 3.70. The molecule has 1 aliphatic rings. The highest BCUT2D eigenvalue weighted by Gasteiger charge is 2.33. The summed E-state index contributed by atoms with van der Waals surface area (Å²) in [6, 6.07) is 4.14. The molecule has 0 aromatic carbocycles. The third-order valence-corrected chi connectivity index (χ3v) is 5.13. The fourth-order valence-electron chi connectivity index (χ4n) is 2.37. The average molecular weight is 370 g/mol. The maximum absolute atomic E-state index is 12.8. The first-order chi connectivity index (χ1) is 11.6. The van der Waals surface area contributed by atoms with E-state index in [0.717, 1.165) is 12.3 Å². The Morgan fingerprint density at radius 3 is 2.60 bits per heavy atom. The Kier molecular flexibility index (Phi) is 4.40. The summed E-state index contributed by atoms with van der Waals surface area (Å²) in [6.07, 6.45) is -2.78. The number of aromatic nitrogens is 3. The summed E-state index contributed by atoms with van der Waals surface area (Å²) >= 11 is -1.40. The van der Waals surface area contributed by atoms with Crippen LogP contribution in [-0.2, 0) is 24.1 Å². The van der Waals surface area contributed by atoms with Crippen molar-refractivity contribution >= 4 is 17.1 Å². The average Bonchev–Trinajstić information content (AvgIpc) is 3.07. The molecule has 2 aromatic rings. The van der Waals surface area contributed by atoms with Crippen molar-refractivity contribution in [2.45, 2.75) is 44.7 Å². The molecule has 0 amide bonds. The van der Waals surface area contributed by atoms with E-state index in [1.54, 1.807) is 10.7 Å². The smallest absolute Gasteiger partial charge is 0.433 e. The predicted octanol–water partition coefficient (Wildman–Crippen LogP) is 3.62. The number of hydrogen-bond donors (Lipinski definition) is 0. The number of fused-ring (bicyclic) bond motifs is 1. The molecule has 134 valence electrons. The van der Waals surface area contributed by atoms with Crippen LogP contribution in [0.2, 0.25) is 0 Å². The van der Waals surface area contributed by atoms with Gasteiger partial charge in [-0.3, -0.25) is 9.67 Å². The molecular weight excluding hydrogens is 353 g/mol.